The van der Waals surface area contributed by atoms with Crippen molar-refractivity contribution >= 4 is 23.4 Å². The Morgan fingerprint density at radius 2 is 2.12 bits per heavy atom. The molecule has 0 radical (unpaired) electrons. The van der Waals surface area contributed by atoms with E-state index in [1.165, 1.54) is 6.92 Å². The maximum absolute atomic E-state index is 12.4. The Hall–Kier alpha value is -1.75. The van der Waals surface area contributed by atoms with Crippen LogP contribution in [0.25, 0.3) is 0 Å². The van der Waals surface area contributed by atoms with E-state index in [1.54, 1.807) is 23.1 Å². The maximum atomic E-state index is 12.4. The van der Waals surface area contributed by atoms with Gasteiger partial charge in [-0.3, -0.25) is 9.59 Å². The zero-order chi connectivity index (χ0) is 17.7. The van der Waals surface area contributed by atoms with Crippen molar-refractivity contribution in [1.29, 1.82) is 0 Å². The number of carbonyl (C=O) groups is 2. The molecular weight excluding hydrogens is 328 g/mol. The van der Waals surface area contributed by atoms with Crippen LogP contribution < -0.4 is 10.1 Å². The second-order valence-corrected chi connectivity index (χ2v) is 6.79. The maximum Gasteiger partial charge on any atom is 0.260 e. The molecule has 5 nitrogen and oxygen atoms in total. The highest BCUT2D eigenvalue weighted by Crippen LogP contribution is 2.24. The van der Waals surface area contributed by atoms with Gasteiger partial charge >= 0.3 is 0 Å². The van der Waals surface area contributed by atoms with Crippen LogP contribution in [-0.4, -0.2) is 42.5 Å². The Morgan fingerprint density at radius 1 is 1.38 bits per heavy atom. The Balaban J connectivity index is 1.93. The van der Waals surface area contributed by atoms with Crippen molar-refractivity contribution in [3.8, 4) is 5.75 Å². The summed E-state index contributed by atoms with van der Waals surface area (Å²) in [6, 6.07) is 5.36. The van der Waals surface area contributed by atoms with Gasteiger partial charge in [0.2, 0.25) is 5.91 Å². The van der Waals surface area contributed by atoms with Gasteiger partial charge in [0.05, 0.1) is 6.04 Å². The van der Waals surface area contributed by atoms with Crippen molar-refractivity contribution in [2.75, 3.05) is 19.7 Å². The second-order valence-electron chi connectivity index (χ2n) is 6.35. The van der Waals surface area contributed by atoms with Gasteiger partial charge in [0.1, 0.15) is 5.75 Å². The van der Waals surface area contributed by atoms with Crippen LogP contribution in [0.2, 0.25) is 5.02 Å². The summed E-state index contributed by atoms with van der Waals surface area (Å²) in [5, 5.41) is 3.61. The minimum Gasteiger partial charge on any atom is -0.483 e. The topological polar surface area (TPSA) is 58.6 Å². The summed E-state index contributed by atoms with van der Waals surface area (Å²) in [6.45, 7) is 6.73. The highest BCUT2D eigenvalue weighted by Gasteiger charge is 2.35. The molecule has 132 valence electrons. The number of benzene rings is 1. The molecule has 1 aliphatic heterocycles. The van der Waals surface area contributed by atoms with Crippen molar-refractivity contribution in [2.45, 2.75) is 39.7 Å². The van der Waals surface area contributed by atoms with Gasteiger partial charge in [-0.15, -0.1) is 0 Å². The summed E-state index contributed by atoms with van der Waals surface area (Å²) in [4.78, 5) is 25.6. The first-order chi connectivity index (χ1) is 11.4. The van der Waals surface area contributed by atoms with Crippen molar-refractivity contribution in [3.05, 3.63) is 28.8 Å². The smallest absolute Gasteiger partial charge is 0.260 e. The van der Waals surface area contributed by atoms with E-state index in [1.807, 2.05) is 6.92 Å². The number of aryl methyl sites for hydroxylation is 1. The van der Waals surface area contributed by atoms with Gasteiger partial charge in [-0.25, -0.2) is 0 Å². The minimum absolute atomic E-state index is 0.00584. The highest BCUT2D eigenvalue weighted by atomic mass is 35.5. The number of nitrogens with zero attached hydrogens (tertiary/aromatic N) is 1. The van der Waals surface area contributed by atoms with E-state index >= 15 is 0 Å². The first-order valence-electron chi connectivity index (χ1n) is 8.34. The monoisotopic (exact) mass is 352 g/mol. The normalized spacial score (nSPS) is 20.1. The molecule has 24 heavy (non-hydrogen) atoms. The molecule has 1 aromatic carbocycles. The van der Waals surface area contributed by atoms with Gasteiger partial charge in [0, 0.05) is 25.0 Å². The van der Waals surface area contributed by atoms with Crippen LogP contribution >= 0.6 is 11.6 Å². The molecule has 0 bridgehead atoms. The Labute approximate surface area is 148 Å². The van der Waals surface area contributed by atoms with Crippen LogP contribution in [0, 0.1) is 12.8 Å². The SMILES string of the molecule is CCC[C@@H]1CN(C(=O)COc2ccc(Cl)cc2C)C[C@H]1NC(C)=O. The predicted octanol–water partition coefficient (Wildman–Crippen LogP) is 2.79. The minimum atomic E-state index is -0.0571. The van der Waals surface area contributed by atoms with Crippen molar-refractivity contribution in [2.24, 2.45) is 5.92 Å². The summed E-state index contributed by atoms with van der Waals surface area (Å²) >= 11 is 5.92. The number of ether oxygens (including phenoxy) is 1. The fourth-order valence-corrected chi connectivity index (χ4v) is 3.40. The van der Waals surface area contributed by atoms with Crippen LogP contribution in [0.4, 0.5) is 0 Å². The van der Waals surface area contributed by atoms with Crippen LogP contribution in [-0.2, 0) is 9.59 Å². The van der Waals surface area contributed by atoms with Gasteiger partial charge < -0.3 is 15.0 Å². The molecule has 1 fully saturated rings. The zero-order valence-electron chi connectivity index (χ0n) is 14.5. The largest absolute Gasteiger partial charge is 0.483 e. The first kappa shape index (κ1) is 18.6. The van der Waals surface area contributed by atoms with Crippen molar-refractivity contribution in [3.63, 3.8) is 0 Å². The van der Waals surface area contributed by atoms with Gasteiger partial charge in [-0.05, 0) is 43.0 Å². The lowest BCUT2D eigenvalue weighted by Crippen LogP contribution is -2.40. The fraction of sp³-hybridized carbons (Fsp3) is 0.556. The van der Waals surface area contributed by atoms with Gasteiger partial charge in [-0.2, -0.15) is 0 Å². The van der Waals surface area contributed by atoms with Crippen LogP contribution in [0.5, 0.6) is 5.75 Å². The summed E-state index contributed by atoms with van der Waals surface area (Å²) < 4.78 is 5.64. The number of likely N-dealkylation sites (tertiary alicyclic amines) is 1. The third-order valence-electron chi connectivity index (χ3n) is 4.33. The predicted molar refractivity (Wildman–Crippen MR) is 94.3 cm³/mol. The molecule has 2 rings (SSSR count). The lowest BCUT2D eigenvalue weighted by atomic mass is 9.98. The molecule has 0 aliphatic carbocycles. The standard InChI is InChI=1S/C18H25ClN2O3/c1-4-5-14-9-21(10-16(14)20-13(3)22)18(23)11-24-17-7-6-15(19)8-12(17)2/h6-8,14,16H,4-5,9-11H2,1-3H3,(H,20,22)/t14-,16-/m1/s1. The third kappa shape index (κ3) is 4.87. The molecule has 6 heteroatoms. The molecule has 1 aliphatic rings. The fourth-order valence-electron chi connectivity index (χ4n) is 3.17. The van der Waals surface area contributed by atoms with E-state index in [4.69, 9.17) is 16.3 Å². The summed E-state index contributed by atoms with van der Waals surface area (Å²) in [6.07, 6.45) is 2.02. The van der Waals surface area contributed by atoms with E-state index in [0.717, 1.165) is 18.4 Å². The van der Waals surface area contributed by atoms with Crippen LogP contribution in [0.1, 0.15) is 32.3 Å². The van der Waals surface area contributed by atoms with Crippen LogP contribution in [0.15, 0.2) is 18.2 Å². The number of hydrogen-bond acceptors (Lipinski definition) is 3. The highest BCUT2D eigenvalue weighted by molar-refractivity contribution is 6.30. The molecule has 2 atom stereocenters. The number of nitrogens with one attached hydrogen (secondary N) is 1. The second kappa shape index (κ2) is 8.38. The molecule has 2 amide bonds. The summed E-state index contributed by atoms with van der Waals surface area (Å²) in [7, 11) is 0. The molecule has 0 spiro atoms. The Morgan fingerprint density at radius 3 is 2.75 bits per heavy atom. The van der Waals surface area contributed by atoms with E-state index < -0.39 is 0 Å². The van der Waals surface area contributed by atoms with Crippen molar-refractivity contribution < 1.29 is 14.3 Å². The molecule has 0 aromatic heterocycles. The molecule has 0 saturated carbocycles. The van der Waals surface area contributed by atoms with Gasteiger partial charge in [0.25, 0.3) is 5.91 Å². The van der Waals surface area contributed by atoms with Crippen LogP contribution in [0.3, 0.4) is 0 Å². The molecule has 1 N–H and O–H groups in total. The summed E-state index contributed by atoms with van der Waals surface area (Å²) in [5.41, 5.74) is 0.900. The lowest BCUT2D eigenvalue weighted by Gasteiger charge is -2.18. The molecular formula is C18H25ClN2O3. The molecule has 1 heterocycles. The molecule has 1 aromatic rings. The zero-order valence-corrected chi connectivity index (χ0v) is 15.2. The van der Waals surface area contributed by atoms with E-state index in [2.05, 4.69) is 12.2 Å². The van der Waals surface area contributed by atoms with E-state index in [9.17, 15) is 9.59 Å². The molecule has 1 saturated heterocycles. The number of halogens is 1. The number of rotatable bonds is 6. The number of amides is 2. The average Bonchev–Trinajstić information content (AvgIpc) is 2.89. The van der Waals surface area contributed by atoms with E-state index in [-0.39, 0.29) is 24.5 Å². The quantitative estimate of drug-likeness (QED) is 0.856. The third-order valence-corrected chi connectivity index (χ3v) is 4.57. The van der Waals surface area contributed by atoms with Gasteiger partial charge in [-0.1, -0.05) is 24.9 Å². The van der Waals surface area contributed by atoms with Crippen molar-refractivity contribution in [1.82, 2.24) is 10.2 Å². The summed E-state index contributed by atoms with van der Waals surface area (Å²) in [5.74, 6) is 0.859. The Bertz CT molecular complexity index is 606. The number of carbonyl (C=O) groups excluding carboxylic acids is 2. The van der Waals surface area contributed by atoms with E-state index in [0.29, 0.717) is 29.8 Å². The molecule has 0 unspecified atom stereocenters. The first-order valence-corrected chi connectivity index (χ1v) is 8.72. The lowest BCUT2D eigenvalue weighted by molar-refractivity contribution is -0.132. The van der Waals surface area contributed by atoms with Gasteiger partial charge in [0.15, 0.2) is 6.61 Å². The number of hydrogen-bond donors (Lipinski definition) is 1. The Kier molecular flexibility index (Phi) is 6.49. The average molecular weight is 353 g/mol.